The largest absolute Gasteiger partial charge is 0.369 e. The minimum absolute atomic E-state index is 0.249. The minimum Gasteiger partial charge on any atom is -0.369 e. The van der Waals surface area contributed by atoms with Gasteiger partial charge in [-0.1, -0.05) is 0 Å². The number of hydrogen-bond acceptors (Lipinski definition) is 3. The van der Waals surface area contributed by atoms with E-state index in [4.69, 9.17) is 5.73 Å². The first-order chi connectivity index (χ1) is 6.46. The standard InChI is InChI=1S/C10H21N3O/c1-12(2)10(5-4-6-10)8-13(3)7-9(11)14/h4-8H2,1-3H3,(H2,11,14). The molecule has 1 amide bonds. The maximum absolute atomic E-state index is 10.7. The lowest BCUT2D eigenvalue weighted by Gasteiger charge is -2.49. The Balaban J connectivity index is 2.44. The van der Waals surface area contributed by atoms with E-state index in [1.807, 2.05) is 11.9 Å². The van der Waals surface area contributed by atoms with Crippen LogP contribution in [-0.4, -0.2) is 55.5 Å². The van der Waals surface area contributed by atoms with Crippen molar-refractivity contribution in [2.75, 3.05) is 34.2 Å². The number of amides is 1. The fourth-order valence-corrected chi connectivity index (χ4v) is 2.16. The fraction of sp³-hybridized carbons (Fsp3) is 0.900. The summed E-state index contributed by atoms with van der Waals surface area (Å²) in [5.74, 6) is -0.249. The first-order valence-electron chi connectivity index (χ1n) is 5.10. The highest BCUT2D eigenvalue weighted by atomic mass is 16.1. The lowest BCUT2D eigenvalue weighted by molar-refractivity contribution is -0.119. The molecule has 0 aromatic heterocycles. The van der Waals surface area contributed by atoms with Crippen LogP contribution in [0, 0.1) is 0 Å². The van der Waals surface area contributed by atoms with Gasteiger partial charge < -0.3 is 10.6 Å². The number of hydrogen-bond donors (Lipinski definition) is 1. The molecule has 82 valence electrons. The van der Waals surface area contributed by atoms with Crippen LogP contribution in [0.3, 0.4) is 0 Å². The van der Waals surface area contributed by atoms with Gasteiger partial charge in [0, 0.05) is 12.1 Å². The third-order valence-electron chi connectivity index (χ3n) is 3.22. The summed E-state index contributed by atoms with van der Waals surface area (Å²) in [4.78, 5) is 15.0. The number of carbonyl (C=O) groups is 1. The number of nitrogens with two attached hydrogens (primary N) is 1. The molecule has 4 heteroatoms. The molecule has 0 radical (unpaired) electrons. The lowest BCUT2D eigenvalue weighted by Crippen LogP contribution is -2.57. The van der Waals surface area contributed by atoms with Gasteiger partial charge in [-0.15, -0.1) is 0 Å². The molecule has 0 heterocycles. The summed E-state index contributed by atoms with van der Waals surface area (Å²) in [5.41, 5.74) is 5.44. The normalized spacial score (nSPS) is 19.8. The Morgan fingerprint density at radius 1 is 1.36 bits per heavy atom. The van der Waals surface area contributed by atoms with E-state index in [9.17, 15) is 4.79 Å². The van der Waals surface area contributed by atoms with Gasteiger partial charge in [-0.2, -0.15) is 0 Å². The Morgan fingerprint density at radius 3 is 2.21 bits per heavy atom. The molecule has 1 aliphatic rings. The van der Waals surface area contributed by atoms with Crippen molar-refractivity contribution in [3.63, 3.8) is 0 Å². The van der Waals surface area contributed by atoms with Crippen molar-refractivity contribution < 1.29 is 4.79 Å². The molecule has 0 aromatic rings. The van der Waals surface area contributed by atoms with Gasteiger partial charge in [0.15, 0.2) is 0 Å². The average Bonchev–Trinajstić information content (AvgIpc) is 1.94. The second kappa shape index (κ2) is 4.28. The van der Waals surface area contributed by atoms with Crippen LogP contribution in [0.2, 0.25) is 0 Å². The van der Waals surface area contributed by atoms with Gasteiger partial charge in [0.2, 0.25) is 5.91 Å². The average molecular weight is 199 g/mol. The van der Waals surface area contributed by atoms with Gasteiger partial charge in [0.1, 0.15) is 0 Å². The summed E-state index contributed by atoms with van der Waals surface area (Å²) in [5, 5.41) is 0. The van der Waals surface area contributed by atoms with Crippen molar-refractivity contribution in [3.8, 4) is 0 Å². The maximum Gasteiger partial charge on any atom is 0.231 e. The van der Waals surface area contributed by atoms with E-state index in [2.05, 4.69) is 19.0 Å². The molecule has 1 fully saturated rings. The third kappa shape index (κ3) is 2.45. The number of carbonyl (C=O) groups excluding carboxylic acids is 1. The molecule has 4 nitrogen and oxygen atoms in total. The van der Waals surface area contributed by atoms with Crippen molar-refractivity contribution in [2.45, 2.75) is 24.8 Å². The molecular formula is C10H21N3O. The van der Waals surface area contributed by atoms with E-state index >= 15 is 0 Å². The fourth-order valence-electron chi connectivity index (χ4n) is 2.16. The van der Waals surface area contributed by atoms with Gasteiger partial charge in [0.05, 0.1) is 6.54 Å². The Hall–Kier alpha value is -0.610. The predicted octanol–water partition coefficient (Wildman–Crippen LogP) is -0.112. The molecule has 1 saturated carbocycles. The van der Waals surface area contributed by atoms with Crippen LogP contribution in [0.25, 0.3) is 0 Å². The quantitative estimate of drug-likeness (QED) is 0.672. The van der Waals surface area contributed by atoms with Gasteiger partial charge in [-0.05, 0) is 40.4 Å². The first kappa shape index (κ1) is 11.5. The molecule has 1 aliphatic carbocycles. The molecule has 0 atom stereocenters. The van der Waals surface area contributed by atoms with Crippen LogP contribution < -0.4 is 5.73 Å². The second-order valence-electron chi connectivity index (χ2n) is 4.61. The first-order valence-corrected chi connectivity index (χ1v) is 5.10. The van der Waals surface area contributed by atoms with Crippen LogP contribution in [-0.2, 0) is 4.79 Å². The molecule has 0 saturated heterocycles. The molecule has 0 bridgehead atoms. The smallest absolute Gasteiger partial charge is 0.231 e. The zero-order valence-electron chi connectivity index (χ0n) is 9.42. The van der Waals surface area contributed by atoms with Crippen molar-refractivity contribution in [1.82, 2.24) is 9.80 Å². The molecule has 14 heavy (non-hydrogen) atoms. The number of rotatable bonds is 5. The maximum atomic E-state index is 10.7. The summed E-state index contributed by atoms with van der Waals surface area (Å²) in [6.45, 7) is 1.29. The Kier molecular flexibility index (Phi) is 3.50. The monoisotopic (exact) mass is 199 g/mol. The van der Waals surface area contributed by atoms with E-state index in [0.717, 1.165) is 6.54 Å². The lowest BCUT2D eigenvalue weighted by atomic mass is 9.75. The van der Waals surface area contributed by atoms with Gasteiger partial charge >= 0.3 is 0 Å². The zero-order valence-corrected chi connectivity index (χ0v) is 9.42. The van der Waals surface area contributed by atoms with Crippen LogP contribution in [0.5, 0.6) is 0 Å². The molecule has 1 rings (SSSR count). The van der Waals surface area contributed by atoms with Crippen LogP contribution in [0.15, 0.2) is 0 Å². The highest BCUT2D eigenvalue weighted by Crippen LogP contribution is 2.36. The van der Waals surface area contributed by atoms with E-state index in [-0.39, 0.29) is 11.4 Å². The predicted molar refractivity (Wildman–Crippen MR) is 57.0 cm³/mol. The van der Waals surface area contributed by atoms with E-state index in [1.165, 1.54) is 19.3 Å². The molecule has 2 N–H and O–H groups in total. The van der Waals surface area contributed by atoms with Crippen molar-refractivity contribution in [2.24, 2.45) is 5.73 Å². The molecule has 0 spiro atoms. The Labute approximate surface area is 86.0 Å². The van der Waals surface area contributed by atoms with E-state index < -0.39 is 0 Å². The summed E-state index contributed by atoms with van der Waals surface area (Å²) >= 11 is 0. The van der Waals surface area contributed by atoms with E-state index in [1.54, 1.807) is 0 Å². The van der Waals surface area contributed by atoms with Crippen LogP contribution in [0.4, 0.5) is 0 Å². The zero-order chi connectivity index (χ0) is 10.8. The summed E-state index contributed by atoms with van der Waals surface area (Å²) in [6, 6.07) is 0. The summed E-state index contributed by atoms with van der Waals surface area (Å²) in [6.07, 6.45) is 3.74. The summed E-state index contributed by atoms with van der Waals surface area (Å²) < 4.78 is 0. The van der Waals surface area contributed by atoms with Gasteiger partial charge in [-0.25, -0.2) is 0 Å². The molecule has 0 aromatic carbocycles. The van der Waals surface area contributed by atoms with Crippen molar-refractivity contribution in [3.05, 3.63) is 0 Å². The van der Waals surface area contributed by atoms with E-state index in [0.29, 0.717) is 6.54 Å². The summed E-state index contributed by atoms with van der Waals surface area (Å²) in [7, 11) is 6.17. The molecule has 0 aliphatic heterocycles. The van der Waals surface area contributed by atoms with Crippen LogP contribution in [0.1, 0.15) is 19.3 Å². The van der Waals surface area contributed by atoms with Gasteiger partial charge in [0.25, 0.3) is 0 Å². The highest BCUT2D eigenvalue weighted by Gasteiger charge is 2.39. The SMILES string of the molecule is CN(CC(N)=O)CC1(N(C)C)CCC1. The Morgan fingerprint density at radius 2 is 1.93 bits per heavy atom. The topological polar surface area (TPSA) is 49.6 Å². The number of nitrogens with zero attached hydrogens (tertiary/aromatic N) is 2. The molecular weight excluding hydrogens is 178 g/mol. The highest BCUT2D eigenvalue weighted by molar-refractivity contribution is 5.75. The Bertz CT molecular complexity index is 211. The third-order valence-corrected chi connectivity index (χ3v) is 3.22. The van der Waals surface area contributed by atoms with Crippen molar-refractivity contribution in [1.29, 1.82) is 0 Å². The number of likely N-dealkylation sites (N-methyl/N-ethyl adjacent to an activating group) is 2. The van der Waals surface area contributed by atoms with Crippen molar-refractivity contribution >= 4 is 5.91 Å². The number of primary amides is 1. The van der Waals surface area contributed by atoms with Crippen LogP contribution >= 0.6 is 0 Å². The second-order valence-corrected chi connectivity index (χ2v) is 4.61. The minimum atomic E-state index is -0.249. The van der Waals surface area contributed by atoms with Gasteiger partial charge in [-0.3, -0.25) is 9.69 Å². The molecule has 0 unspecified atom stereocenters.